The van der Waals surface area contributed by atoms with E-state index in [1.165, 1.54) is 25.7 Å². The Balaban J connectivity index is 2.04. The molecule has 0 aliphatic heterocycles. The first-order valence-corrected chi connectivity index (χ1v) is 7.87. The highest BCUT2D eigenvalue weighted by molar-refractivity contribution is 5.16. The van der Waals surface area contributed by atoms with Crippen molar-refractivity contribution < 1.29 is 4.42 Å². The lowest BCUT2D eigenvalue weighted by Crippen LogP contribution is -2.21. The molecule has 116 valence electrons. The summed E-state index contributed by atoms with van der Waals surface area (Å²) in [4.78, 5) is 0. The average Bonchev–Trinajstić information content (AvgIpc) is 2.83. The molecule has 1 rings (SSSR count). The molecule has 0 saturated heterocycles. The average molecular weight is 282 g/mol. The SMILES string of the molecule is CC(C)CCCCCCNc1nnc(CNC(C)C)o1. The van der Waals surface area contributed by atoms with Crippen LogP contribution in [-0.4, -0.2) is 22.8 Å². The Morgan fingerprint density at radius 2 is 1.75 bits per heavy atom. The summed E-state index contributed by atoms with van der Waals surface area (Å²) in [7, 11) is 0. The summed E-state index contributed by atoms with van der Waals surface area (Å²) >= 11 is 0. The highest BCUT2D eigenvalue weighted by atomic mass is 16.4. The molecule has 5 heteroatoms. The summed E-state index contributed by atoms with van der Waals surface area (Å²) in [6.07, 6.45) is 6.40. The molecule has 0 atom stereocenters. The molecule has 0 amide bonds. The Morgan fingerprint density at radius 3 is 2.45 bits per heavy atom. The molecule has 0 saturated carbocycles. The van der Waals surface area contributed by atoms with E-state index < -0.39 is 0 Å². The highest BCUT2D eigenvalue weighted by Crippen LogP contribution is 2.10. The number of anilines is 1. The summed E-state index contributed by atoms with van der Waals surface area (Å²) in [5.41, 5.74) is 0. The van der Waals surface area contributed by atoms with Crippen LogP contribution in [-0.2, 0) is 6.54 Å². The van der Waals surface area contributed by atoms with E-state index in [9.17, 15) is 0 Å². The van der Waals surface area contributed by atoms with Gasteiger partial charge in [-0.2, -0.15) is 0 Å². The van der Waals surface area contributed by atoms with Gasteiger partial charge in [-0.15, -0.1) is 5.10 Å². The van der Waals surface area contributed by atoms with E-state index in [4.69, 9.17) is 4.42 Å². The molecule has 0 radical (unpaired) electrons. The first-order chi connectivity index (χ1) is 9.58. The Labute approximate surface area is 122 Å². The third-order valence-corrected chi connectivity index (χ3v) is 3.11. The highest BCUT2D eigenvalue weighted by Gasteiger charge is 2.05. The van der Waals surface area contributed by atoms with Gasteiger partial charge in [-0.1, -0.05) is 58.5 Å². The lowest BCUT2D eigenvalue weighted by molar-refractivity contribution is 0.457. The van der Waals surface area contributed by atoms with Crippen LogP contribution < -0.4 is 10.6 Å². The van der Waals surface area contributed by atoms with Crippen LogP contribution >= 0.6 is 0 Å². The van der Waals surface area contributed by atoms with E-state index >= 15 is 0 Å². The largest absolute Gasteiger partial charge is 0.407 e. The molecule has 20 heavy (non-hydrogen) atoms. The summed E-state index contributed by atoms with van der Waals surface area (Å²) in [6, 6.07) is 0.955. The second-order valence-electron chi connectivity index (χ2n) is 6.06. The van der Waals surface area contributed by atoms with Gasteiger partial charge in [0.05, 0.1) is 6.54 Å². The number of hydrogen-bond acceptors (Lipinski definition) is 5. The van der Waals surface area contributed by atoms with E-state index in [1.807, 2.05) is 0 Å². The van der Waals surface area contributed by atoms with Gasteiger partial charge >= 0.3 is 6.01 Å². The minimum absolute atomic E-state index is 0.421. The van der Waals surface area contributed by atoms with Gasteiger partial charge in [0.25, 0.3) is 0 Å². The minimum atomic E-state index is 0.421. The predicted octanol–water partition coefficient (Wildman–Crippen LogP) is 3.59. The van der Waals surface area contributed by atoms with E-state index in [0.29, 0.717) is 24.5 Å². The fourth-order valence-electron chi connectivity index (χ4n) is 1.91. The van der Waals surface area contributed by atoms with Crippen molar-refractivity contribution >= 4 is 6.01 Å². The maximum atomic E-state index is 5.50. The fourth-order valence-corrected chi connectivity index (χ4v) is 1.91. The second-order valence-corrected chi connectivity index (χ2v) is 6.06. The van der Waals surface area contributed by atoms with Gasteiger partial charge in [-0.3, -0.25) is 0 Å². The molecule has 0 aromatic carbocycles. The van der Waals surface area contributed by atoms with Crippen molar-refractivity contribution in [3.05, 3.63) is 5.89 Å². The maximum Gasteiger partial charge on any atom is 0.315 e. The van der Waals surface area contributed by atoms with Crippen molar-refractivity contribution in [2.24, 2.45) is 5.92 Å². The molecule has 0 aliphatic carbocycles. The predicted molar refractivity (Wildman–Crippen MR) is 82.7 cm³/mol. The molecule has 1 aromatic heterocycles. The molecule has 0 bridgehead atoms. The Morgan fingerprint density at radius 1 is 1.00 bits per heavy atom. The van der Waals surface area contributed by atoms with Crippen LogP contribution in [0, 0.1) is 5.92 Å². The number of aromatic nitrogens is 2. The van der Waals surface area contributed by atoms with Gasteiger partial charge < -0.3 is 15.1 Å². The van der Waals surface area contributed by atoms with E-state index in [2.05, 4.69) is 48.5 Å². The number of nitrogens with one attached hydrogen (secondary N) is 2. The Bertz CT molecular complexity index is 349. The molecule has 1 heterocycles. The van der Waals surface area contributed by atoms with Crippen LogP contribution in [0.15, 0.2) is 4.42 Å². The number of rotatable bonds is 11. The van der Waals surface area contributed by atoms with Gasteiger partial charge in [0.1, 0.15) is 0 Å². The van der Waals surface area contributed by atoms with Crippen molar-refractivity contribution in [2.75, 3.05) is 11.9 Å². The van der Waals surface area contributed by atoms with Gasteiger partial charge in [-0.25, -0.2) is 0 Å². The van der Waals surface area contributed by atoms with Gasteiger partial charge in [-0.05, 0) is 12.3 Å². The molecule has 2 N–H and O–H groups in total. The van der Waals surface area contributed by atoms with E-state index in [-0.39, 0.29) is 0 Å². The summed E-state index contributed by atoms with van der Waals surface area (Å²) < 4.78 is 5.50. The van der Waals surface area contributed by atoms with Crippen LogP contribution in [0.3, 0.4) is 0 Å². The summed E-state index contributed by atoms with van der Waals surface area (Å²) in [5.74, 6) is 1.46. The van der Waals surface area contributed by atoms with Crippen molar-refractivity contribution in [2.45, 2.75) is 72.4 Å². The van der Waals surface area contributed by atoms with Crippen LogP contribution in [0.5, 0.6) is 0 Å². The standard InChI is InChI=1S/C15H30N4O/c1-12(2)9-7-5-6-8-10-16-15-19-18-14(20-15)11-17-13(3)4/h12-13,17H,5-11H2,1-4H3,(H,16,19). The zero-order chi connectivity index (χ0) is 14.8. The smallest absolute Gasteiger partial charge is 0.315 e. The molecule has 0 fully saturated rings. The quantitative estimate of drug-likeness (QED) is 0.607. The van der Waals surface area contributed by atoms with Gasteiger partial charge in [0, 0.05) is 12.6 Å². The number of nitrogens with zero attached hydrogens (tertiary/aromatic N) is 2. The molecule has 0 aliphatic rings. The zero-order valence-electron chi connectivity index (χ0n) is 13.4. The first-order valence-electron chi connectivity index (χ1n) is 7.87. The van der Waals surface area contributed by atoms with E-state index in [1.54, 1.807) is 0 Å². The van der Waals surface area contributed by atoms with Crippen LogP contribution in [0.1, 0.15) is 65.7 Å². The normalized spacial score (nSPS) is 11.5. The number of unbranched alkanes of at least 4 members (excludes halogenated alkanes) is 3. The lowest BCUT2D eigenvalue weighted by atomic mass is 10.0. The summed E-state index contributed by atoms with van der Waals surface area (Å²) in [6.45, 7) is 10.3. The fraction of sp³-hybridized carbons (Fsp3) is 0.867. The molecule has 0 unspecified atom stereocenters. The Kier molecular flexibility index (Phi) is 8.26. The van der Waals surface area contributed by atoms with Crippen molar-refractivity contribution in [3.63, 3.8) is 0 Å². The van der Waals surface area contributed by atoms with Gasteiger partial charge in [0.15, 0.2) is 0 Å². The number of hydrogen-bond donors (Lipinski definition) is 2. The summed E-state index contributed by atoms with van der Waals surface area (Å²) in [5, 5.41) is 14.4. The molecular formula is C15H30N4O. The third kappa shape index (κ3) is 8.15. The molecule has 5 nitrogen and oxygen atoms in total. The van der Waals surface area contributed by atoms with Crippen LogP contribution in [0.4, 0.5) is 6.01 Å². The van der Waals surface area contributed by atoms with Crippen molar-refractivity contribution in [1.29, 1.82) is 0 Å². The van der Waals surface area contributed by atoms with Gasteiger partial charge in [0.2, 0.25) is 5.89 Å². The maximum absolute atomic E-state index is 5.50. The molecular weight excluding hydrogens is 252 g/mol. The minimum Gasteiger partial charge on any atom is -0.407 e. The molecule has 0 spiro atoms. The lowest BCUT2D eigenvalue weighted by Gasteiger charge is -2.05. The van der Waals surface area contributed by atoms with Crippen LogP contribution in [0.2, 0.25) is 0 Å². The topological polar surface area (TPSA) is 63.0 Å². The van der Waals surface area contributed by atoms with E-state index in [0.717, 1.165) is 18.9 Å². The third-order valence-electron chi connectivity index (χ3n) is 3.11. The van der Waals surface area contributed by atoms with Crippen molar-refractivity contribution in [1.82, 2.24) is 15.5 Å². The second kappa shape index (κ2) is 9.75. The first kappa shape index (κ1) is 17.0. The zero-order valence-corrected chi connectivity index (χ0v) is 13.4. The monoisotopic (exact) mass is 282 g/mol. The van der Waals surface area contributed by atoms with Crippen molar-refractivity contribution in [3.8, 4) is 0 Å². The molecule has 1 aromatic rings. The Hall–Kier alpha value is -1.10. The van der Waals surface area contributed by atoms with Crippen LogP contribution in [0.25, 0.3) is 0 Å².